The van der Waals surface area contributed by atoms with Gasteiger partial charge in [-0.15, -0.1) is 0 Å². The molecule has 0 spiro atoms. The van der Waals surface area contributed by atoms with Gasteiger partial charge in [0.2, 0.25) is 0 Å². The number of rotatable bonds is 4. The van der Waals surface area contributed by atoms with E-state index in [4.69, 9.17) is 0 Å². The van der Waals surface area contributed by atoms with Crippen molar-refractivity contribution in [2.24, 2.45) is 0 Å². The van der Waals surface area contributed by atoms with E-state index >= 15 is 0 Å². The molecule has 0 heterocycles. The number of phenols is 1. The van der Waals surface area contributed by atoms with Crippen LogP contribution in [0.25, 0.3) is 0 Å². The Balaban J connectivity index is 2.66. The van der Waals surface area contributed by atoms with Crippen molar-refractivity contribution >= 4 is 0 Å². The van der Waals surface area contributed by atoms with Gasteiger partial charge in [-0.05, 0) is 43.9 Å². The van der Waals surface area contributed by atoms with Crippen molar-refractivity contribution in [3.63, 3.8) is 0 Å². The average molecular weight is 206 g/mol. The van der Waals surface area contributed by atoms with Crippen LogP contribution < -0.4 is 0 Å². The normalized spacial score (nSPS) is 14.6. The molecule has 2 heteroatoms. The van der Waals surface area contributed by atoms with Crippen LogP contribution in [0.15, 0.2) is 36.4 Å². The molecule has 1 atom stereocenters. The third-order valence-electron chi connectivity index (χ3n) is 2.79. The minimum absolute atomic E-state index is 0.287. The molecule has 1 aromatic carbocycles. The van der Waals surface area contributed by atoms with Crippen LogP contribution in [0.2, 0.25) is 0 Å². The highest BCUT2D eigenvalue weighted by molar-refractivity contribution is 5.32. The maximum absolute atomic E-state index is 9.96. The maximum Gasteiger partial charge on any atom is 0.118 e. The van der Waals surface area contributed by atoms with Crippen molar-refractivity contribution in [3.05, 3.63) is 42.0 Å². The molecule has 0 fully saturated rings. The molecule has 2 N–H and O–H groups in total. The number of benzene rings is 1. The summed E-state index contributed by atoms with van der Waals surface area (Å²) in [5, 5.41) is 19.5. The van der Waals surface area contributed by atoms with E-state index in [1.807, 2.05) is 19.1 Å². The Morgan fingerprint density at radius 2 is 2.00 bits per heavy atom. The van der Waals surface area contributed by atoms with Gasteiger partial charge in [0, 0.05) is 0 Å². The molecule has 1 unspecified atom stereocenters. The summed E-state index contributed by atoms with van der Waals surface area (Å²) in [5.74, 6) is 0.287. The average Bonchev–Trinajstić information content (AvgIpc) is 2.16. The first kappa shape index (κ1) is 11.8. The highest BCUT2D eigenvalue weighted by atomic mass is 16.3. The Kier molecular flexibility index (Phi) is 3.53. The molecular weight excluding hydrogens is 188 g/mol. The minimum atomic E-state index is -0.859. The Morgan fingerprint density at radius 3 is 2.53 bits per heavy atom. The predicted octanol–water partition coefficient (Wildman–Crippen LogP) is 2.65. The lowest BCUT2D eigenvalue weighted by molar-refractivity contribution is 0.0897. The zero-order valence-corrected chi connectivity index (χ0v) is 9.33. The SMILES string of the molecule is C=C(C)C(C)(O)CCc1ccccc1O. The van der Waals surface area contributed by atoms with Crippen LogP contribution >= 0.6 is 0 Å². The second kappa shape index (κ2) is 4.49. The van der Waals surface area contributed by atoms with Gasteiger partial charge in [0.05, 0.1) is 5.60 Å². The van der Waals surface area contributed by atoms with E-state index in [1.54, 1.807) is 19.1 Å². The quantitative estimate of drug-likeness (QED) is 0.743. The summed E-state index contributed by atoms with van der Waals surface area (Å²) >= 11 is 0. The zero-order valence-electron chi connectivity index (χ0n) is 9.33. The van der Waals surface area contributed by atoms with Gasteiger partial charge in [-0.3, -0.25) is 0 Å². The summed E-state index contributed by atoms with van der Waals surface area (Å²) in [5.41, 5.74) is 0.749. The Hall–Kier alpha value is -1.28. The Bertz CT molecular complexity index is 353. The van der Waals surface area contributed by atoms with E-state index in [2.05, 4.69) is 6.58 Å². The van der Waals surface area contributed by atoms with Crippen molar-refractivity contribution < 1.29 is 10.2 Å². The first-order chi connectivity index (χ1) is 6.93. The molecule has 0 aliphatic heterocycles. The summed E-state index contributed by atoms with van der Waals surface area (Å²) in [6, 6.07) is 7.19. The van der Waals surface area contributed by atoms with Crippen molar-refractivity contribution in [1.29, 1.82) is 0 Å². The van der Waals surface area contributed by atoms with Crippen LogP contribution in [0, 0.1) is 0 Å². The molecule has 0 amide bonds. The molecular formula is C13H18O2. The summed E-state index contributed by atoms with van der Waals surface area (Å²) in [6.07, 6.45) is 1.21. The first-order valence-electron chi connectivity index (χ1n) is 5.09. The second-order valence-electron chi connectivity index (χ2n) is 4.18. The number of aryl methyl sites for hydroxylation is 1. The number of hydrogen-bond acceptors (Lipinski definition) is 2. The molecule has 15 heavy (non-hydrogen) atoms. The van der Waals surface area contributed by atoms with Gasteiger partial charge in [-0.2, -0.15) is 0 Å². The zero-order chi connectivity index (χ0) is 11.5. The largest absolute Gasteiger partial charge is 0.508 e. The van der Waals surface area contributed by atoms with Crippen molar-refractivity contribution in [2.75, 3.05) is 0 Å². The van der Waals surface area contributed by atoms with E-state index in [1.165, 1.54) is 0 Å². The Morgan fingerprint density at radius 1 is 1.40 bits per heavy atom. The number of para-hydroxylation sites is 1. The lowest BCUT2D eigenvalue weighted by atomic mass is 9.91. The van der Waals surface area contributed by atoms with Gasteiger partial charge in [0.25, 0.3) is 0 Å². The fourth-order valence-electron chi connectivity index (χ4n) is 1.31. The molecule has 0 aliphatic carbocycles. The van der Waals surface area contributed by atoms with Crippen LogP contribution in [0.1, 0.15) is 25.8 Å². The van der Waals surface area contributed by atoms with Crippen LogP contribution in [-0.4, -0.2) is 15.8 Å². The van der Waals surface area contributed by atoms with Gasteiger partial charge >= 0.3 is 0 Å². The Labute approximate surface area is 90.9 Å². The molecule has 1 aromatic rings. The van der Waals surface area contributed by atoms with E-state index in [-0.39, 0.29) is 5.75 Å². The minimum Gasteiger partial charge on any atom is -0.508 e. The molecule has 0 aliphatic rings. The number of aliphatic hydroxyl groups is 1. The molecule has 0 radical (unpaired) electrons. The van der Waals surface area contributed by atoms with Crippen molar-refractivity contribution in [3.8, 4) is 5.75 Å². The van der Waals surface area contributed by atoms with Crippen LogP contribution in [-0.2, 0) is 6.42 Å². The highest BCUT2D eigenvalue weighted by Crippen LogP contribution is 2.24. The molecule has 82 valence electrons. The van der Waals surface area contributed by atoms with Crippen molar-refractivity contribution in [2.45, 2.75) is 32.3 Å². The van der Waals surface area contributed by atoms with E-state index in [0.717, 1.165) is 11.1 Å². The molecule has 0 bridgehead atoms. The van der Waals surface area contributed by atoms with E-state index < -0.39 is 5.60 Å². The summed E-state index contributed by atoms with van der Waals surface area (Å²) in [6.45, 7) is 7.30. The number of phenolic OH excluding ortho intramolecular Hbond substituents is 1. The fraction of sp³-hybridized carbons (Fsp3) is 0.385. The van der Waals surface area contributed by atoms with Gasteiger partial charge in [0.15, 0.2) is 0 Å². The topological polar surface area (TPSA) is 40.5 Å². The second-order valence-corrected chi connectivity index (χ2v) is 4.18. The van der Waals surface area contributed by atoms with Crippen LogP contribution in [0.4, 0.5) is 0 Å². The predicted molar refractivity (Wildman–Crippen MR) is 61.9 cm³/mol. The third kappa shape index (κ3) is 3.10. The van der Waals surface area contributed by atoms with Crippen LogP contribution in [0.3, 0.4) is 0 Å². The van der Waals surface area contributed by atoms with Crippen LogP contribution in [0.5, 0.6) is 5.75 Å². The first-order valence-corrected chi connectivity index (χ1v) is 5.09. The van der Waals surface area contributed by atoms with Gasteiger partial charge in [-0.25, -0.2) is 0 Å². The highest BCUT2D eigenvalue weighted by Gasteiger charge is 2.21. The monoisotopic (exact) mass is 206 g/mol. The summed E-state index contributed by atoms with van der Waals surface area (Å²) in [4.78, 5) is 0. The molecule has 1 rings (SSSR count). The van der Waals surface area contributed by atoms with Gasteiger partial charge in [-0.1, -0.05) is 24.8 Å². The van der Waals surface area contributed by atoms with Gasteiger partial charge < -0.3 is 10.2 Å². The maximum atomic E-state index is 9.96. The lowest BCUT2D eigenvalue weighted by Gasteiger charge is -2.23. The number of aromatic hydroxyl groups is 1. The standard InChI is InChI=1S/C13H18O2/c1-10(2)13(3,15)9-8-11-6-4-5-7-12(11)14/h4-7,14-15H,1,8-9H2,2-3H3. The lowest BCUT2D eigenvalue weighted by Crippen LogP contribution is -2.25. The summed E-state index contributed by atoms with van der Waals surface area (Å²) in [7, 11) is 0. The smallest absolute Gasteiger partial charge is 0.118 e. The third-order valence-corrected chi connectivity index (χ3v) is 2.79. The fourth-order valence-corrected chi connectivity index (χ4v) is 1.31. The van der Waals surface area contributed by atoms with Crippen molar-refractivity contribution in [1.82, 2.24) is 0 Å². The van der Waals surface area contributed by atoms with E-state index in [9.17, 15) is 10.2 Å². The molecule has 0 saturated carbocycles. The van der Waals surface area contributed by atoms with E-state index in [0.29, 0.717) is 12.8 Å². The van der Waals surface area contributed by atoms with Gasteiger partial charge in [0.1, 0.15) is 5.75 Å². The summed E-state index contributed by atoms with van der Waals surface area (Å²) < 4.78 is 0. The number of hydrogen-bond donors (Lipinski definition) is 2. The molecule has 0 saturated heterocycles. The molecule has 2 nitrogen and oxygen atoms in total. The molecule has 0 aromatic heterocycles.